The average molecular weight is 245 g/mol. The monoisotopic (exact) mass is 245 g/mol. The van der Waals surface area contributed by atoms with Crippen LogP contribution in [0.1, 0.15) is 5.56 Å². The van der Waals surface area contributed by atoms with Crippen molar-refractivity contribution in [3.05, 3.63) is 23.8 Å². The van der Waals surface area contributed by atoms with Crippen LogP contribution in [0.3, 0.4) is 0 Å². The van der Waals surface area contributed by atoms with Gasteiger partial charge in [-0.2, -0.15) is 0 Å². The predicted molar refractivity (Wildman–Crippen MR) is 68.7 cm³/mol. The van der Waals surface area contributed by atoms with Crippen molar-refractivity contribution >= 4 is 23.2 Å². The molecule has 0 aliphatic carbocycles. The highest BCUT2D eigenvalue weighted by molar-refractivity contribution is 6.14. The Bertz CT molecular complexity index is 541. The summed E-state index contributed by atoms with van der Waals surface area (Å²) in [5.41, 5.74) is 2.70. The molecule has 3 rings (SSSR count). The summed E-state index contributed by atoms with van der Waals surface area (Å²) in [5, 5.41) is 3.00. The third-order valence-corrected chi connectivity index (χ3v) is 3.63. The first kappa shape index (κ1) is 11.2. The van der Waals surface area contributed by atoms with Crippen molar-refractivity contribution in [2.75, 3.05) is 29.9 Å². The zero-order chi connectivity index (χ0) is 12.9. The van der Waals surface area contributed by atoms with Crippen LogP contribution in [0.2, 0.25) is 0 Å². The van der Waals surface area contributed by atoms with E-state index in [0.29, 0.717) is 13.1 Å². The molecule has 1 atom stereocenters. The quantitative estimate of drug-likeness (QED) is 0.714. The van der Waals surface area contributed by atoms with Gasteiger partial charge in [0.25, 0.3) is 5.91 Å². The molecule has 1 N–H and O–H groups in total. The fourth-order valence-electron chi connectivity index (χ4n) is 2.71. The SMILES string of the molecule is Cc1cccc2c1N1C(=O)CNCC1C(=O)N2C. The summed E-state index contributed by atoms with van der Waals surface area (Å²) >= 11 is 0. The molecule has 0 radical (unpaired) electrons. The van der Waals surface area contributed by atoms with Gasteiger partial charge in [0, 0.05) is 13.6 Å². The van der Waals surface area contributed by atoms with Crippen LogP contribution in [0, 0.1) is 6.92 Å². The minimum absolute atomic E-state index is 0.0337. The van der Waals surface area contributed by atoms with Crippen LogP contribution >= 0.6 is 0 Å². The number of nitrogens with one attached hydrogen (secondary N) is 1. The van der Waals surface area contributed by atoms with E-state index in [1.165, 1.54) is 0 Å². The topological polar surface area (TPSA) is 52.7 Å². The molecule has 2 aliphatic heterocycles. The van der Waals surface area contributed by atoms with Gasteiger partial charge in [0.1, 0.15) is 6.04 Å². The summed E-state index contributed by atoms with van der Waals surface area (Å²) in [7, 11) is 1.76. The number of nitrogens with zero attached hydrogens (tertiary/aromatic N) is 2. The first-order chi connectivity index (χ1) is 8.61. The van der Waals surface area contributed by atoms with Crippen molar-refractivity contribution in [3.63, 3.8) is 0 Å². The molecule has 0 bridgehead atoms. The van der Waals surface area contributed by atoms with Crippen LogP contribution in [0.25, 0.3) is 0 Å². The highest BCUT2D eigenvalue weighted by atomic mass is 16.2. The molecule has 0 spiro atoms. The molecule has 2 aliphatic rings. The maximum atomic E-state index is 12.3. The van der Waals surface area contributed by atoms with E-state index in [4.69, 9.17) is 0 Å². The van der Waals surface area contributed by atoms with E-state index >= 15 is 0 Å². The first-order valence-electron chi connectivity index (χ1n) is 6.01. The van der Waals surface area contributed by atoms with Crippen LogP contribution in [0.15, 0.2) is 18.2 Å². The Morgan fingerprint density at radius 3 is 2.89 bits per heavy atom. The van der Waals surface area contributed by atoms with E-state index < -0.39 is 6.04 Å². The van der Waals surface area contributed by atoms with Crippen molar-refractivity contribution in [1.82, 2.24) is 5.32 Å². The molecule has 1 saturated heterocycles. The standard InChI is InChI=1S/C13H15N3O2/c1-8-4-3-5-9-12(8)16-10(13(18)15(9)2)6-14-7-11(16)17/h3-5,10,14H,6-7H2,1-2H3. The van der Waals surface area contributed by atoms with Gasteiger partial charge in [-0.25, -0.2) is 0 Å². The molecule has 1 unspecified atom stereocenters. The number of carbonyl (C=O) groups excluding carboxylic acids is 2. The molecule has 1 aromatic carbocycles. The fourth-order valence-corrected chi connectivity index (χ4v) is 2.71. The number of anilines is 2. The number of aryl methyl sites for hydroxylation is 1. The summed E-state index contributed by atoms with van der Waals surface area (Å²) in [6.07, 6.45) is 0. The number of hydrogen-bond acceptors (Lipinski definition) is 3. The fraction of sp³-hybridized carbons (Fsp3) is 0.385. The van der Waals surface area contributed by atoms with Gasteiger partial charge in [-0.05, 0) is 18.6 Å². The smallest absolute Gasteiger partial charge is 0.251 e. The summed E-state index contributed by atoms with van der Waals surface area (Å²) in [5.74, 6) is -0.0723. The number of fused-ring (bicyclic) bond motifs is 3. The van der Waals surface area contributed by atoms with Crippen LogP contribution in [0.4, 0.5) is 11.4 Å². The zero-order valence-electron chi connectivity index (χ0n) is 10.4. The Morgan fingerprint density at radius 2 is 2.11 bits per heavy atom. The van der Waals surface area contributed by atoms with Crippen molar-refractivity contribution in [1.29, 1.82) is 0 Å². The number of para-hydroxylation sites is 1. The van der Waals surface area contributed by atoms with Gasteiger partial charge in [-0.15, -0.1) is 0 Å². The van der Waals surface area contributed by atoms with E-state index in [0.717, 1.165) is 16.9 Å². The van der Waals surface area contributed by atoms with Gasteiger partial charge in [-0.1, -0.05) is 12.1 Å². The number of rotatable bonds is 0. The first-order valence-corrected chi connectivity index (χ1v) is 6.01. The van der Waals surface area contributed by atoms with E-state index in [2.05, 4.69) is 5.32 Å². The van der Waals surface area contributed by atoms with Crippen molar-refractivity contribution in [2.45, 2.75) is 13.0 Å². The van der Waals surface area contributed by atoms with Gasteiger partial charge in [-0.3, -0.25) is 14.5 Å². The average Bonchev–Trinajstić information content (AvgIpc) is 2.36. The van der Waals surface area contributed by atoms with Crippen LogP contribution in [-0.4, -0.2) is 38.0 Å². The summed E-state index contributed by atoms with van der Waals surface area (Å²) in [6.45, 7) is 2.78. The lowest BCUT2D eigenvalue weighted by Gasteiger charge is -2.43. The normalized spacial score (nSPS) is 22.9. The molecular formula is C13H15N3O2. The van der Waals surface area contributed by atoms with Crippen LogP contribution < -0.4 is 15.1 Å². The Balaban J connectivity index is 2.22. The molecule has 2 amide bonds. The van der Waals surface area contributed by atoms with Gasteiger partial charge < -0.3 is 10.2 Å². The number of carbonyl (C=O) groups is 2. The Kier molecular flexibility index (Phi) is 2.38. The van der Waals surface area contributed by atoms with E-state index in [1.54, 1.807) is 16.8 Å². The van der Waals surface area contributed by atoms with E-state index in [-0.39, 0.29) is 11.8 Å². The molecule has 5 nitrogen and oxygen atoms in total. The molecule has 1 fully saturated rings. The van der Waals surface area contributed by atoms with Gasteiger partial charge in [0.05, 0.1) is 17.9 Å². The van der Waals surface area contributed by atoms with E-state index in [9.17, 15) is 9.59 Å². The summed E-state index contributed by atoms with van der Waals surface area (Å²) < 4.78 is 0. The number of likely N-dealkylation sites (N-methyl/N-ethyl adjacent to an activating group) is 1. The lowest BCUT2D eigenvalue weighted by molar-refractivity contribution is -0.126. The number of hydrogen-bond donors (Lipinski definition) is 1. The molecule has 18 heavy (non-hydrogen) atoms. The molecule has 1 aromatic rings. The van der Waals surface area contributed by atoms with Crippen molar-refractivity contribution in [3.8, 4) is 0 Å². The highest BCUT2D eigenvalue weighted by Gasteiger charge is 2.42. The van der Waals surface area contributed by atoms with Gasteiger partial charge >= 0.3 is 0 Å². The minimum atomic E-state index is -0.412. The maximum absolute atomic E-state index is 12.3. The number of piperazine rings is 1. The second kappa shape index (κ2) is 3.81. The number of amides is 2. The Hall–Kier alpha value is -1.88. The molecular weight excluding hydrogens is 230 g/mol. The lowest BCUT2D eigenvalue weighted by atomic mass is 10.0. The molecule has 94 valence electrons. The van der Waals surface area contributed by atoms with Crippen molar-refractivity contribution < 1.29 is 9.59 Å². The summed E-state index contributed by atoms with van der Waals surface area (Å²) in [4.78, 5) is 27.7. The third kappa shape index (κ3) is 1.37. The highest BCUT2D eigenvalue weighted by Crippen LogP contribution is 2.38. The third-order valence-electron chi connectivity index (χ3n) is 3.63. The van der Waals surface area contributed by atoms with Crippen LogP contribution in [-0.2, 0) is 9.59 Å². The second-order valence-electron chi connectivity index (χ2n) is 4.75. The maximum Gasteiger partial charge on any atom is 0.251 e. The van der Waals surface area contributed by atoms with Crippen molar-refractivity contribution in [2.24, 2.45) is 0 Å². The van der Waals surface area contributed by atoms with Gasteiger partial charge in [0.2, 0.25) is 5.91 Å². The minimum Gasteiger partial charge on any atom is -0.312 e. The predicted octanol–water partition coefficient (Wildman–Crippen LogP) is 0.276. The molecule has 0 aromatic heterocycles. The molecule has 2 heterocycles. The Labute approximate surface area is 105 Å². The lowest BCUT2D eigenvalue weighted by Crippen LogP contribution is -2.63. The largest absolute Gasteiger partial charge is 0.312 e. The van der Waals surface area contributed by atoms with Gasteiger partial charge in [0.15, 0.2) is 0 Å². The van der Waals surface area contributed by atoms with Crippen LogP contribution in [0.5, 0.6) is 0 Å². The molecule has 5 heteroatoms. The second-order valence-corrected chi connectivity index (χ2v) is 4.75. The summed E-state index contributed by atoms with van der Waals surface area (Å²) in [6, 6.07) is 5.34. The Morgan fingerprint density at radius 1 is 1.33 bits per heavy atom. The zero-order valence-corrected chi connectivity index (χ0v) is 10.4. The molecule has 0 saturated carbocycles. The van der Waals surface area contributed by atoms with E-state index in [1.807, 2.05) is 25.1 Å². The number of benzene rings is 1.